The molecule has 3 rings (SSSR count). The molecule has 174 valence electrons. The number of ether oxygens (including phenoxy) is 4. The minimum Gasteiger partial charge on any atom is -0.487 e. The minimum atomic E-state index is -0.904. The highest BCUT2D eigenvalue weighted by Crippen LogP contribution is 2.27. The molecular formula is C25H28N2O6. The lowest BCUT2D eigenvalue weighted by Gasteiger charge is -2.17. The van der Waals surface area contributed by atoms with Crippen molar-refractivity contribution in [2.75, 3.05) is 27.4 Å². The molecule has 8 nitrogen and oxygen atoms in total. The van der Waals surface area contributed by atoms with Gasteiger partial charge < -0.3 is 24.1 Å². The molecule has 1 heterocycles. The fourth-order valence-corrected chi connectivity index (χ4v) is 3.23. The number of carbonyl (C=O) groups is 1. The lowest BCUT2D eigenvalue weighted by molar-refractivity contribution is -0.138. The molecule has 8 heteroatoms. The Morgan fingerprint density at radius 2 is 1.70 bits per heavy atom. The van der Waals surface area contributed by atoms with Gasteiger partial charge in [0.25, 0.3) is 0 Å². The Kier molecular flexibility index (Phi) is 8.74. The van der Waals surface area contributed by atoms with E-state index in [4.69, 9.17) is 18.9 Å². The molecule has 0 saturated heterocycles. The van der Waals surface area contributed by atoms with Gasteiger partial charge in [-0.1, -0.05) is 18.2 Å². The first-order chi connectivity index (χ1) is 16.0. The molecule has 0 bridgehead atoms. The zero-order valence-electron chi connectivity index (χ0n) is 18.9. The first-order valence-corrected chi connectivity index (χ1v) is 10.5. The summed E-state index contributed by atoms with van der Waals surface area (Å²) in [5, 5.41) is 9.33. The number of carboxylic acids is 1. The highest BCUT2D eigenvalue weighted by atomic mass is 16.6. The van der Waals surface area contributed by atoms with Crippen molar-refractivity contribution in [3.05, 3.63) is 72.1 Å². The van der Waals surface area contributed by atoms with E-state index in [-0.39, 0.29) is 12.7 Å². The number of para-hydroxylation sites is 1. The van der Waals surface area contributed by atoms with Gasteiger partial charge in [0.1, 0.15) is 24.2 Å². The quantitative estimate of drug-likeness (QED) is 0.441. The summed E-state index contributed by atoms with van der Waals surface area (Å²) in [5.74, 6) is 0.200. The number of benzene rings is 2. The van der Waals surface area contributed by atoms with Crippen molar-refractivity contribution in [1.82, 2.24) is 9.97 Å². The zero-order valence-corrected chi connectivity index (χ0v) is 18.9. The topological polar surface area (TPSA) is 100 Å². The van der Waals surface area contributed by atoms with Crippen LogP contribution >= 0.6 is 0 Å². The molecule has 2 aromatic carbocycles. The molecule has 0 radical (unpaired) electrons. The van der Waals surface area contributed by atoms with E-state index >= 15 is 0 Å². The molecule has 0 aliphatic rings. The van der Waals surface area contributed by atoms with Gasteiger partial charge in [-0.2, -0.15) is 0 Å². The molecular weight excluding hydrogens is 424 g/mol. The standard InChI is InChI=1S/C25H28N2O6/c1-17(25(28)29)22-6-4-5-7-23(22)32-14-19-12-13-26-24(27-19)18-8-10-20(11-9-18)33-21(15-30-2)16-31-3/h4-13,17,21H,14-16H2,1-3H3,(H,28,29). The summed E-state index contributed by atoms with van der Waals surface area (Å²) in [4.78, 5) is 20.3. The smallest absolute Gasteiger partial charge is 0.310 e. The highest BCUT2D eigenvalue weighted by molar-refractivity contribution is 5.76. The predicted octanol–water partition coefficient (Wildman–Crippen LogP) is 3.95. The van der Waals surface area contributed by atoms with Crippen molar-refractivity contribution in [2.24, 2.45) is 0 Å². The third-order valence-electron chi connectivity index (χ3n) is 4.97. The summed E-state index contributed by atoms with van der Waals surface area (Å²) in [7, 11) is 3.24. The molecule has 1 atom stereocenters. The highest BCUT2D eigenvalue weighted by Gasteiger charge is 2.18. The largest absolute Gasteiger partial charge is 0.487 e. The van der Waals surface area contributed by atoms with Crippen LogP contribution in [0, 0.1) is 0 Å². The normalized spacial score (nSPS) is 11.9. The molecule has 0 spiro atoms. The predicted molar refractivity (Wildman–Crippen MR) is 122 cm³/mol. The molecule has 0 saturated carbocycles. The molecule has 3 aromatic rings. The summed E-state index contributed by atoms with van der Waals surface area (Å²) in [6, 6.07) is 16.4. The third kappa shape index (κ3) is 6.74. The number of carboxylic acid groups (broad SMARTS) is 1. The summed E-state index contributed by atoms with van der Waals surface area (Å²) in [5.41, 5.74) is 2.13. The molecule has 0 aliphatic carbocycles. The van der Waals surface area contributed by atoms with Crippen molar-refractivity contribution in [3.8, 4) is 22.9 Å². The number of nitrogens with zero attached hydrogens (tertiary/aromatic N) is 2. The van der Waals surface area contributed by atoms with E-state index in [0.29, 0.717) is 41.8 Å². The van der Waals surface area contributed by atoms with E-state index in [0.717, 1.165) is 5.56 Å². The first-order valence-electron chi connectivity index (χ1n) is 10.5. The number of aromatic nitrogens is 2. The summed E-state index contributed by atoms with van der Waals surface area (Å²) in [6.07, 6.45) is 1.47. The fraction of sp³-hybridized carbons (Fsp3) is 0.320. The number of hydrogen-bond donors (Lipinski definition) is 1. The summed E-state index contributed by atoms with van der Waals surface area (Å²) < 4.78 is 22.1. The van der Waals surface area contributed by atoms with Gasteiger partial charge in [-0.25, -0.2) is 9.97 Å². The molecule has 1 unspecified atom stereocenters. The van der Waals surface area contributed by atoms with E-state index in [2.05, 4.69) is 9.97 Å². The van der Waals surface area contributed by atoms with Gasteiger partial charge in [0, 0.05) is 31.5 Å². The van der Waals surface area contributed by atoms with Gasteiger partial charge in [-0.3, -0.25) is 4.79 Å². The second-order valence-electron chi connectivity index (χ2n) is 7.43. The number of hydrogen-bond acceptors (Lipinski definition) is 7. The molecule has 33 heavy (non-hydrogen) atoms. The van der Waals surface area contributed by atoms with Crippen LogP contribution in [-0.2, 0) is 20.9 Å². The van der Waals surface area contributed by atoms with Gasteiger partial charge >= 0.3 is 5.97 Å². The van der Waals surface area contributed by atoms with Crippen LogP contribution in [0.3, 0.4) is 0 Å². The Morgan fingerprint density at radius 1 is 1.00 bits per heavy atom. The van der Waals surface area contributed by atoms with Crippen molar-refractivity contribution >= 4 is 5.97 Å². The second-order valence-corrected chi connectivity index (χ2v) is 7.43. The van der Waals surface area contributed by atoms with Gasteiger partial charge in [-0.05, 0) is 43.3 Å². The Hall–Kier alpha value is -3.49. The van der Waals surface area contributed by atoms with Crippen LogP contribution in [-0.4, -0.2) is 54.6 Å². The number of rotatable bonds is 12. The third-order valence-corrected chi connectivity index (χ3v) is 4.97. The lowest BCUT2D eigenvalue weighted by atomic mass is 10.0. The van der Waals surface area contributed by atoms with Gasteiger partial charge in [0.05, 0.1) is 24.8 Å². The van der Waals surface area contributed by atoms with Crippen LogP contribution in [0.1, 0.15) is 24.1 Å². The summed E-state index contributed by atoms with van der Waals surface area (Å²) in [6.45, 7) is 2.67. The Labute approximate surface area is 193 Å². The molecule has 0 amide bonds. The van der Waals surface area contributed by atoms with Crippen LogP contribution in [0.2, 0.25) is 0 Å². The number of aliphatic carboxylic acids is 1. The molecule has 1 aromatic heterocycles. The lowest BCUT2D eigenvalue weighted by Crippen LogP contribution is -2.27. The SMILES string of the molecule is COCC(COC)Oc1ccc(-c2nccc(COc3ccccc3C(C)C(=O)O)n2)cc1. The Balaban J connectivity index is 1.69. The maximum atomic E-state index is 11.4. The van der Waals surface area contributed by atoms with Crippen LogP contribution < -0.4 is 9.47 Å². The van der Waals surface area contributed by atoms with E-state index in [1.54, 1.807) is 51.6 Å². The molecule has 1 N–H and O–H groups in total. The first kappa shape index (κ1) is 24.2. The van der Waals surface area contributed by atoms with Crippen LogP contribution in [0.4, 0.5) is 0 Å². The van der Waals surface area contributed by atoms with E-state index in [1.165, 1.54) is 0 Å². The van der Waals surface area contributed by atoms with Gasteiger partial charge in [-0.15, -0.1) is 0 Å². The Bertz CT molecular complexity index is 1040. The summed E-state index contributed by atoms with van der Waals surface area (Å²) >= 11 is 0. The maximum absolute atomic E-state index is 11.4. The number of methoxy groups -OCH3 is 2. The van der Waals surface area contributed by atoms with E-state index in [1.807, 2.05) is 30.3 Å². The van der Waals surface area contributed by atoms with E-state index < -0.39 is 11.9 Å². The van der Waals surface area contributed by atoms with Crippen molar-refractivity contribution in [2.45, 2.75) is 25.6 Å². The van der Waals surface area contributed by atoms with Gasteiger partial charge in [0.2, 0.25) is 0 Å². The minimum absolute atomic E-state index is 0.190. The van der Waals surface area contributed by atoms with Gasteiger partial charge in [0.15, 0.2) is 5.82 Å². The second kappa shape index (κ2) is 11.9. The van der Waals surface area contributed by atoms with E-state index in [9.17, 15) is 9.90 Å². The zero-order chi connectivity index (χ0) is 23.6. The van der Waals surface area contributed by atoms with Crippen molar-refractivity contribution < 1.29 is 28.8 Å². The monoisotopic (exact) mass is 452 g/mol. The molecule has 0 aliphatic heterocycles. The maximum Gasteiger partial charge on any atom is 0.310 e. The van der Waals surface area contributed by atoms with Crippen LogP contribution in [0.15, 0.2) is 60.8 Å². The average Bonchev–Trinajstić information content (AvgIpc) is 2.83. The fourth-order valence-electron chi connectivity index (χ4n) is 3.23. The molecule has 0 fully saturated rings. The van der Waals surface area contributed by atoms with Crippen molar-refractivity contribution in [3.63, 3.8) is 0 Å². The van der Waals surface area contributed by atoms with Crippen molar-refractivity contribution in [1.29, 1.82) is 0 Å². The van der Waals surface area contributed by atoms with Crippen LogP contribution in [0.25, 0.3) is 11.4 Å². The average molecular weight is 453 g/mol. The Morgan fingerprint density at radius 3 is 2.36 bits per heavy atom. The van der Waals surface area contributed by atoms with Crippen LogP contribution in [0.5, 0.6) is 11.5 Å².